The van der Waals surface area contributed by atoms with Gasteiger partial charge in [0.1, 0.15) is 0 Å². The molecule has 1 aliphatic rings. The molecule has 1 N–H and O–H groups in total. The van der Waals surface area contributed by atoms with E-state index < -0.39 is 10.0 Å². The van der Waals surface area contributed by atoms with Crippen LogP contribution in [-0.2, 0) is 10.0 Å². The number of hydrogen-bond donors (Lipinski definition) is 1. The summed E-state index contributed by atoms with van der Waals surface area (Å²) in [5.41, 5.74) is 1.09. The lowest BCUT2D eigenvalue weighted by molar-refractivity contribution is 0.184. The molecule has 0 spiro atoms. The maximum Gasteiger partial charge on any atom is 0.321 e. The smallest absolute Gasteiger partial charge is 0.321 e. The maximum absolute atomic E-state index is 12.7. The zero-order valence-corrected chi connectivity index (χ0v) is 15.9. The van der Waals surface area contributed by atoms with Crippen molar-refractivity contribution in [3.05, 3.63) is 59.1 Å². The highest BCUT2D eigenvalue weighted by atomic mass is 35.5. The second kappa shape index (κ2) is 7.96. The van der Waals surface area contributed by atoms with Gasteiger partial charge in [0.2, 0.25) is 10.0 Å². The third-order valence-electron chi connectivity index (χ3n) is 4.24. The van der Waals surface area contributed by atoms with Crippen LogP contribution >= 0.6 is 11.6 Å². The van der Waals surface area contributed by atoms with Crippen LogP contribution in [0.1, 0.15) is 5.56 Å². The normalized spacial score (nSPS) is 15.2. The summed E-state index contributed by atoms with van der Waals surface area (Å²) in [6.07, 6.45) is 0. The first-order valence-electron chi connectivity index (χ1n) is 8.22. The molecule has 2 amide bonds. The Morgan fingerprint density at radius 3 is 2.15 bits per heavy atom. The van der Waals surface area contributed by atoms with Crippen molar-refractivity contribution in [3.63, 3.8) is 0 Å². The van der Waals surface area contributed by atoms with Gasteiger partial charge in [-0.3, -0.25) is 0 Å². The molecule has 1 saturated heterocycles. The molecule has 3 rings (SSSR count). The Labute approximate surface area is 162 Å². The van der Waals surface area contributed by atoms with E-state index in [9.17, 15) is 13.2 Å². The number of benzene rings is 2. The molecule has 140 valence electrons. The van der Waals surface area contributed by atoms with Crippen LogP contribution in [-0.4, -0.2) is 49.8 Å². The summed E-state index contributed by atoms with van der Waals surface area (Å²) >= 11 is 5.81. The monoisotopic (exact) mass is 404 g/mol. The number of amides is 2. The minimum absolute atomic E-state index is 0.183. The van der Waals surface area contributed by atoms with E-state index in [1.165, 1.54) is 28.6 Å². The Kier molecular flexibility index (Phi) is 5.65. The third kappa shape index (κ3) is 4.39. The molecule has 7 nitrogen and oxygen atoms in total. The molecule has 1 heterocycles. The second-order valence-corrected chi connectivity index (χ2v) is 8.34. The first kappa shape index (κ1) is 19.2. The lowest BCUT2D eigenvalue weighted by atomic mass is 10.2. The zero-order chi connectivity index (χ0) is 19.4. The number of nitrogens with one attached hydrogen (secondary N) is 1. The van der Waals surface area contributed by atoms with E-state index in [2.05, 4.69) is 5.32 Å². The fourth-order valence-electron chi connectivity index (χ4n) is 2.72. The minimum Gasteiger partial charge on any atom is -0.322 e. The van der Waals surface area contributed by atoms with E-state index in [-0.39, 0.29) is 37.1 Å². The number of carbonyl (C=O) groups excluding carboxylic acids is 1. The van der Waals surface area contributed by atoms with E-state index in [0.29, 0.717) is 16.3 Å². The highest BCUT2D eigenvalue weighted by Crippen LogP contribution is 2.20. The van der Waals surface area contributed by atoms with Gasteiger partial charge in [-0.05, 0) is 48.5 Å². The standard InChI is InChI=1S/C18H17ClN4O3S/c19-15-3-7-17(8-4-15)27(25,26)23-11-9-22(10-12-23)18(24)21-16-5-1-14(13-20)2-6-16/h1-8H,9-12H2,(H,21,24). The molecule has 0 unspecified atom stereocenters. The molecule has 0 atom stereocenters. The molecule has 0 radical (unpaired) electrons. The van der Waals surface area contributed by atoms with E-state index in [0.717, 1.165) is 0 Å². The number of nitriles is 1. The summed E-state index contributed by atoms with van der Waals surface area (Å²) in [4.78, 5) is 14.1. The van der Waals surface area contributed by atoms with E-state index in [1.807, 2.05) is 6.07 Å². The number of halogens is 1. The number of carbonyl (C=O) groups is 1. The first-order chi connectivity index (χ1) is 12.9. The van der Waals surface area contributed by atoms with Crippen molar-refractivity contribution < 1.29 is 13.2 Å². The van der Waals surface area contributed by atoms with E-state index >= 15 is 0 Å². The number of piperazine rings is 1. The van der Waals surface area contributed by atoms with Crippen molar-refractivity contribution in [2.75, 3.05) is 31.5 Å². The van der Waals surface area contributed by atoms with Gasteiger partial charge < -0.3 is 10.2 Å². The van der Waals surface area contributed by atoms with Crippen LogP contribution in [0.25, 0.3) is 0 Å². The first-order valence-corrected chi connectivity index (χ1v) is 10.0. The van der Waals surface area contributed by atoms with Crippen LogP contribution < -0.4 is 5.32 Å². The minimum atomic E-state index is -3.61. The van der Waals surface area contributed by atoms with Gasteiger partial charge in [0.25, 0.3) is 0 Å². The molecule has 0 aliphatic carbocycles. The number of anilines is 1. The average Bonchev–Trinajstić information content (AvgIpc) is 2.69. The molecule has 27 heavy (non-hydrogen) atoms. The molecular weight excluding hydrogens is 388 g/mol. The molecule has 0 saturated carbocycles. The number of hydrogen-bond acceptors (Lipinski definition) is 4. The number of nitrogens with zero attached hydrogens (tertiary/aromatic N) is 3. The summed E-state index contributed by atoms with van der Waals surface area (Å²) in [6, 6.07) is 14.3. The van der Waals surface area contributed by atoms with Gasteiger partial charge in [-0.2, -0.15) is 9.57 Å². The molecule has 2 aromatic carbocycles. The summed E-state index contributed by atoms with van der Waals surface area (Å²) in [5, 5.41) is 12.0. The fourth-order valence-corrected chi connectivity index (χ4v) is 4.27. The highest BCUT2D eigenvalue weighted by molar-refractivity contribution is 7.89. The Morgan fingerprint density at radius 2 is 1.59 bits per heavy atom. The topological polar surface area (TPSA) is 93.5 Å². The second-order valence-electron chi connectivity index (χ2n) is 5.96. The molecule has 1 aliphatic heterocycles. The van der Waals surface area contributed by atoms with Gasteiger partial charge in [0.05, 0.1) is 16.5 Å². The quantitative estimate of drug-likeness (QED) is 0.851. The van der Waals surface area contributed by atoms with Crippen molar-refractivity contribution in [2.45, 2.75) is 4.90 Å². The number of sulfonamides is 1. The summed E-state index contributed by atoms with van der Waals surface area (Å²) < 4.78 is 26.7. The van der Waals surface area contributed by atoms with Gasteiger partial charge in [-0.1, -0.05) is 11.6 Å². The summed E-state index contributed by atoms with van der Waals surface area (Å²) in [7, 11) is -3.61. The number of rotatable bonds is 3. The van der Waals surface area contributed by atoms with Crippen LogP contribution in [0.2, 0.25) is 5.02 Å². The predicted octanol–water partition coefficient (Wildman–Crippen LogP) is 2.75. The molecule has 2 aromatic rings. The Hall–Kier alpha value is -2.60. The van der Waals surface area contributed by atoms with Gasteiger partial charge in [0.15, 0.2) is 0 Å². The highest BCUT2D eigenvalue weighted by Gasteiger charge is 2.30. The lowest BCUT2D eigenvalue weighted by Gasteiger charge is -2.34. The molecule has 0 bridgehead atoms. The molecule has 0 aromatic heterocycles. The fraction of sp³-hybridized carbons (Fsp3) is 0.222. The van der Waals surface area contributed by atoms with Crippen LogP contribution in [0.5, 0.6) is 0 Å². The van der Waals surface area contributed by atoms with Gasteiger partial charge in [-0.15, -0.1) is 0 Å². The van der Waals surface area contributed by atoms with Crippen molar-refractivity contribution >= 4 is 33.3 Å². The van der Waals surface area contributed by atoms with Crippen molar-refractivity contribution in [1.82, 2.24) is 9.21 Å². The summed E-state index contributed by atoms with van der Waals surface area (Å²) in [6.45, 7) is 1.00. The van der Waals surface area contributed by atoms with Crippen LogP contribution in [0, 0.1) is 11.3 Å². The van der Waals surface area contributed by atoms with Gasteiger partial charge >= 0.3 is 6.03 Å². The van der Waals surface area contributed by atoms with Crippen molar-refractivity contribution in [1.29, 1.82) is 5.26 Å². The Bertz CT molecular complexity index is 961. The molecule has 9 heteroatoms. The summed E-state index contributed by atoms with van der Waals surface area (Å²) in [5.74, 6) is 0. The zero-order valence-electron chi connectivity index (χ0n) is 14.3. The lowest BCUT2D eigenvalue weighted by Crippen LogP contribution is -2.51. The Morgan fingerprint density at radius 1 is 1.00 bits per heavy atom. The van der Waals surface area contributed by atoms with E-state index in [1.54, 1.807) is 29.2 Å². The van der Waals surface area contributed by atoms with Crippen LogP contribution in [0.3, 0.4) is 0 Å². The van der Waals surface area contributed by atoms with Gasteiger partial charge in [-0.25, -0.2) is 13.2 Å². The number of urea groups is 1. The van der Waals surface area contributed by atoms with E-state index in [4.69, 9.17) is 16.9 Å². The predicted molar refractivity (Wildman–Crippen MR) is 102 cm³/mol. The molecule has 1 fully saturated rings. The Balaban J connectivity index is 1.60. The third-order valence-corrected chi connectivity index (χ3v) is 6.41. The van der Waals surface area contributed by atoms with Crippen molar-refractivity contribution in [3.8, 4) is 6.07 Å². The average molecular weight is 405 g/mol. The van der Waals surface area contributed by atoms with Crippen molar-refractivity contribution in [2.24, 2.45) is 0 Å². The van der Waals surface area contributed by atoms with Crippen LogP contribution in [0.15, 0.2) is 53.4 Å². The van der Waals surface area contributed by atoms with Crippen LogP contribution in [0.4, 0.5) is 10.5 Å². The largest absolute Gasteiger partial charge is 0.322 e. The van der Waals surface area contributed by atoms with Gasteiger partial charge in [0, 0.05) is 36.9 Å². The maximum atomic E-state index is 12.7. The molecular formula is C18H17ClN4O3S. The SMILES string of the molecule is N#Cc1ccc(NC(=O)N2CCN(S(=O)(=O)c3ccc(Cl)cc3)CC2)cc1.